The summed E-state index contributed by atoms with van der Waals surface area (Å²) in [4.78, 5) is 11.7. The highest BCUT2D eigenvalue weighted by Crippen LogP contribution is 2.68. The van der Waals surface area contributed by atoms with E-state index in [-0.39, 0.29) is 34.9 Å². The van der Waals surface area contributed by atoms with Gasteiger partial charge in [-0.2, -0.15) is 0 Å². The van der Waals surface area contributed by atoms with E-state index in [2.05, 4.69) is 20.8 Å². The monoisotopic (exact) mass is 436 g/mol. The van der Waals surface area contributed by atoms with Crippen molar-refractivity contribution in [2.45, 2.75) is 96.9 Å². The van der Waals surface area contributed by atoms with Crippen LogP contribution in [0.15, 0.2) is 0 Å². The summed E-state index contributed by atoms with van der Waals surface area (Å²) in [5.74, 6) is 2.11. The molecule has 0 aromatic heterocycles. The molecule has 0 amide bonds. The van der Waals surface area contributed by atoms with Crippen molar-refractivity contribution in [2.24, 2.45) is 46.3 Å². The van der Waals surface area contributed by atoms with Gasteiger partial charge in [0.1, 0.15) is 0 Å². The third-order valence-electron chi connectivity index (χ3n) is 10.9. The van der Waals surface area contributed by atoms with Crippen molar-refractivity contribution in [3.63, 3.8) is 0 Å². The molecule has 0 bridgehead atoms. The van der Waals surface area contributed by atoms with Gasteiger partial charge in [0.15, 0.2) is 0 Å². The molecule has 0 heterocycles. The van der Waals surface area contributed by atoms with E-state index >= 15 is 0 Å². The Morgan fingerprint density at radius 2 is 1.81 bits per heavy atom. The first-order valence-corrected chi connectivity index (χ1v) is 12.6. The Bertz CT molecular complexity index is 666. The molecule has 0 radical (unpaired) electrons. The Labute approximate surface area is 188 Å². The van der Waals surface area contributed by atoms with Crippen molar-refractivity contribution < 1.29 is 24.5 Å². The van der Waals surface area contributed by atoms with Gasteiger partial charge in [0.2, 0.25) is 0 Å². The van der Waals surface area contributed by atoms with E-state index in [4.69, 9.17) is 9.47 Å². The minimum Gasteiger partial charge on any atom is -0.469 e. The molecule has 5 heteroatoms. The lowest BCUT2D eigenvalue weighted by Gasteiger charge is -2.63. The second-order valence-electron chi connectivity index (χ2n) is 11.8. The van der Waals surface area contributed by atoms with Crippen LogP contribution in [-0.4, -0.2) is 48.7 Å². The maximum atomic E-state index is 11.7. The normalized spacial score (nSPS) is 50.2. The van der Waals surface area contributed by atoms with Gasteiger partial charge in [0.05, 0.1) is 25.4 Å². The molecule has 2 N–H and O–H groups in total. The van der Waals surface area contributed by atoms with Gasteiger partial charge < -0.3 is 19.7 Å². The number of carbonyl (C=O) groups excluding carboxylic acids is 1. The third kappa shape index (κ3) is 3.67. The van der Waals surface area contributed by atoms with Crippen molar-refractivity contribution >= 4 is 5.97 Å². The maximum Gasteiger partial charge on any atom is 0.305 e. The van der Waals surface area contributed by atoms with E-state index in [0.717, 1.165) is 51.4 Å². The average molecular weight is 437 g/mol. The molecule has 5 nitrogen and oxygen atoms in total. The van der Waals surface area contributed by atoms with Gasteiger partial charge in [0.25, 0.3) is 0 Å². The van der Waals surface area contributed by atoms with Gasteiger partial charge in [-0.15, -0.1) is 0 Å². The van der Waals surface area contributed by atoms with Crippen LogP contribution in [0.2, 0.25) is 0 Å². The average Bonchev–Trinajstić information content (AvgIpc) is 3.11. The molecule has 0 saturated heterocycles. The molecule has 4 rings (SSSR count). The van der Waals surface area contributed by atoms with Crippen LogP contribution in [0.5, 0.6) is 0 Å². The Morgan fingerprint density at radius 1 is 1.06 bits per heavy atom. The summed E-state index contributed by atoms with van der Waals surface area (Å²) in [6.45, 7) is 6.96. The maximum absolute atomic E-state index is 11.7. The molecule has 5 unspecified atom stereocenters. The molecule has 4 saturated carbocycles. The van der Waals surface area contributed by atoms with Crippen LogP contribution in [-0.2, 0) is 14.3 Å². The largest absolute Gasteiger partial charge is 0.469 e. The lowest BCUT2D eigenvalue weighted by molar-refractivity contribution is -0.208. The van der Waals surface area contributed by atoms with Crippen LogP contribution in [0.4, 0.5) is 0 Å². The summed E-state index contributed by atoms with van der Waals surface area (Å²) in [6, 6.07) is 0. The molecule has 178 valence electrons. The fourth-order valence-corrected chi connectivity index (χ4v) is 8.98. The van der Waals surface area contributed by atoms with E-state index < -0.39 is 0 Å². The predicted molar refractivity (Wildman–Crippen MR) is 119 cm³/mol. The number of aliphatic hydroxyl groups is 2. The Kier molecular flexibility index (Phi) is 6.53. The Morgan fingerprint density at radius 3 is 2.48 bits per heavy atom. The van der Waals surface area contributed by atoms with Gasteiger partial charge in [-0.3, -0.25) is 4.79 Å². The lowest BCUT2D eigenvalue weighted by Crippen LogP contribution is -2.62. The fourth-order valence-electron chi connectivity index (χ4n) is 8.98. The van der Waals surface area contributed by atoms with Crippen LogP contribution >= 0.6 is 0 Å². The molecule has 4 aliphatic carbocycles. The summed E-state index contributed by atoms with van der Waals surface area (Å²) in [5.41, 5.74) is 0.0143. The standard InChI is InChI=1S/C26H44O5/c1-15(6-9-23(29)31-5)18-7-8-19-24-20(14-22(28)26(18,19)3)25(2)11-10-17(30-4)12-16(25)13-21(24)27/h15-22,24,27-28H,6-14H2,1-5H3/t15?,16?,17-,18-,19?,20?,21-,22+,24?,25+,26-/m1/s1. The summed E-state index contributed by atoms with van der Waals surface area (Å²) in [6.07, 6.45) is 8.07. The van der Waals surface area contributed by atoms with E-state index in [1.807, 2.05) is 7.11 Å². The first-order valence-electron chi connectivity index (χ1n) is 12.6. The Hall–Kier alpha value is -0.650. The van der Waals surface area contributed by atoms with Crippen molar-refractivity contribution in [3.8, 4) is 0 Å². The molecule has 0 spiro atoms. The van der Waals surface area contributed by atoms with Crippen molar-refractivity contribution in [1.82, 2.24) is 0 Å². The zero-order valence-corrected chi connectivity index (χ0v) is 20.2. The molecule has 4 aliphatic rings. The number of methoxy groups -OCH3 is 2. The van der Waals surface area contributed by atoms with Gasteiger partial charge >= 0.3 is 5.97 Å². The molecule has 0 aromatic rings. The van der Waals surface area contributed by atoms with E-state index in [9.17, 15) is 15.0 Å². The Balaban J connectivity index is 1.57. The number of hydrogen-bond acceptors (Lipinski definition) is 5. The number of hydrogen-bond donors (Lipinski definition) is 2. The second kappa shape index (κ2) is 8.61. The predicted octanol–water partition coefficient (Wildman–Crippen LogP) is 4.19. The number of carbonyl (C=O) groups is 1. The molecule has 31 heavy (non-hydrogen) atoms. The molecule has 4 fully saturated rings. The molecule has 0 aliphatic heterocycles. The first kappa shape index (κ1) is 23.5. The molecule has 0 aromatic carbocycles. The van der Waals surface area contributed by atoms with Gasteiger partial charge in [-0.05, 0) is 97.7 Å². The highest BCUT2D eigenvalue weighted by Gasteiger charge is 2.65. The van der Waals surface area contributed by atoms with Crippen LogP contribution in [0, 0.1) is 46.3 Å². The van der Waals surface area contributed by atoms with Crippen molar-refractivity contribution in [2.75, 3.05) is 14.2 Å². The minimum absolute atomic E-state index is 0.149. The first-order chi connectivity index (χ1) is 14.7. The third-order valence-corrected chi connectivity index (χ3v) is 10.9. The highest BCUT2D eigenvalue weighted by molar-refractivity contribution is 5.69. The lowest BCUT2D eigenvalue weighted by atomic mass is 9.43. The fraction of sp³-hybridized carbons (Fsp3) is 0.962. The van der Waals surface area contributed by atoms with Crippen molar-refractivity contribution in [3.05, 3.63) is 0 Å². The summed E-state index contributed by atoms with van der Waals surface area (Å²) >= 11 is 0. The number of fused-ring (bicyclic) bond motifs is 5. The molecular formula is C26H44O5. The van der Waals surface area contributed by atoms with E-state index in [1.54, 1.807) is 0 Å². The minimum atomic E-state index is -0.338. The van der Waals surface area contributed by atoms with Gasteiger partial charge in [-0.1, -0.05) is 20.8 Å². The molecular weight excluding hydrogens is 392 g/mol. The number of rotatable bonds is 5. The van der Waals surface area contributed by atoms with E-state index in [0.29, 0.717) is 42.1 Å². The van der Waals surface area contributed by atoms with Crippen LogP contribution in [0.1, 0.15) is 78.6 Å². The number of esters is 1. The second-order valence-corrected chi connectivity index (χ2v) is 11.8. The van der Waals surface area contributed by atoms with Gasteiger partial charge in [0, 0.05) is 13.5 Å². The summed E-state index contributed by atoms with van der Waals surface area (Å²) < 4.78 is 10.5. The van der Waals surface area contributed by atoms with E-state index in [1.165, 1.54) is 7.11 Å². The smallest absolute Gasteiger partial charge is 0.305 e. The van der Waals surface area contributed by atoms with Crippen molar-refractivity contribution in [1.29, 1.82) is 0 Å². The quantitative estimate of drug-likeness (QED) is 0.632. The number of aliphatic hydroxyl groups excluding tert-OH is 2. The zero-order chi connectivity index (χ0) is 22.6. The van der Waals surface area contributed by atoms with Gasteiger partial charge in [-0.25, -0.2) is 0 Å². The number of ether oxygens (including phenoxy) is 2. The van der Waals surface area contributed by atoms with Crippen LogP contribution in [0.3, 0.4) is 0 Å². The highest BCUT2D eigenvalue weighted by atomic mass is 16.5. The summed E-state index contributed by atoms with van der Waals surface area (Å²) in [5, 5.41) is 23.0. The van der Waals surface area contributed by atoms with Crippen LogP contribution < -0.4 is 0 Å². The SMILES string of the molecule is COC(=O)CCC(C)[C@H]1CCC2C3C(C[C@H](O)[C@@]21C)[C@@]1(C)CC[C@@H](OC)CC1C[C@H]3O. The van der Waals surface area contributed by atoms with Crippen LogP contribution in [0.25, 0.3) is 0 Å². The zero-order valence-electron chi connectivity index (χ0n) is 20.2. The topological polar surface area (TPSA) is 76.0 Å². The summed E-state index contributed by atoms with van der Waals surface area (Å²) in [7, 11) is 3.26. The molecule has 11 atom stereocenters.